The van der Waals surface area contributed by atoms with E-state index in [2.05, 4.69) is 10.6 Å². The molecule has 140 valence electrons. The first kappa shape index (κ1) is 18.4. The summed E-state index contributed by atoms with van der Waals surface area (Å²) in [6, 6.07) is 16.2. The highest BCUT2D eigenvalue weighted by molar-refractivity contribution is 6.08. The minimum atomic E-state index is -1.05. The van der Waals surface area contributed by atoms with Gasteiger partial charge in [-0.25, -0.2) is 4.79 Å². The molecule has 2 N–H and O–H groups in total. The Hall–Kier alpha value is -3.35. The topological polar surface area (TPSA) is 87.7 Å². The van der Waals surface area contributed by atoms with Crippen molar-refractivity contribution >= 4 is 23.5 Å². The average Bonchev–Trinajstić information content (AvgIpc) is 2.84. The Morgan fingerprint density at radius 2 is 1.74 bits per heavy atom. The van der Waals surface area contributed by atoms with Crippen molar-refractivity contribution in [1.29, 1.82) is 0 Å². The van der Waals surface area contributed by atoms with Crippen LogP contribution in [0.4, 0.5) is 10.5 Å². The third kappa shape index (κ3) is 4.25. The second kappa shape index (κ2) is 7.49. The lowest BCUT2D eigenvalue weighted by molar-refractivity contribution is -0.126. The van der Waals surface area contributed by atoms with Gasteiger partial charge in [0.05, 0.1) is 0 Å². The van der Waals surface area contributed by atoms with Crippen LogP contribution in [-0.2, 0) is 16.2 Å². The minimum absolute atomic E-state index is 0.211. The van der Waals surface area contributed by atoms with Crippen molar-refractivity contribution in [3.63, 3.8) is 0 Å². The monoisotopic (exact) mass is 367 g/mol. The Bertz CT molecular complexity index is 847. The molecule has 1 heterocycles. The smallest absolute Gasteiger partial charge is 0.325 e. The molecular formula is C20H21N3O4. The van der Waals surface area contributed by atoms with Crippen molar-refractivity contribution in [3.8, 4) is 5.75 Å². The van der Waals surface area contributed by atoms with E-state index in [4.69, 9.17) is 4.74 Å². The zero-order chi connectivity index (χ0) is 19.4. The lowest BCUT2D eigenvalue weighted by Gasteiger charge is -2.27. The predicted molar refractivity (Wildman–Crippen MR) is 100 cm³/mol. The van der Waals surface area contributed by atoms with Crippen molar-refractivity contribution < 1.29 is 19.1 Å². The number of carbonyl (C=O) groups excluding carboxylic acids is 3. The molecule has 2 aromatic rings. The van der Waals surface area contributed by atoms with Gasteiger partial charge in [-0.05, 0) is 43.7 Å². The van der Waals surface area contributed by atoms with Gasteiger partial charge in [0.1, 0.15) is 24.4 Å². The van der Waals surface area contributed by atoms with E-state index < -0.39 is 17.5 Å². The van der Waals surface area contributed by atoms with Gasteiger partial charge in [-0.3, -0.25) is 14.9 Å². The largest absolute Gasteiger partial charge is 0.489 e. The highest BCUT2D eigenvalue weighted by Gasteiger charge is 2.46. The molecule has 1 saturated heterocycles. The molecule has 0 aliphatic carbocycles. The van der Waals surface area contributed by atoms with Crippen LogP contribution < -0.4 is 15.4 Å². The molecule has 7 nitrogen and oxygen atoms in total. The number of hydrogen-bond donors (Lipinski definition) is 2. The summed E-state index contributed by atoms with van der Waals surface area (Å²) in [5.41, 5.74) is 0.593. The van der Waals surface area contributed by atoms with Crippen molar-refractivity contribution in [3.05, 3.63) is 60.2 Å². The Labute approximate surface area is 157 Å². The maximum atomic E-state index is 12.2. The number of benzene rings is 2. The van der Waals surface area contributed by atoms with E-state index in [1.54, 1.807) is 38.1 Å². The number of ether oxygens (including phenoxy) is 1. The van der Waals surface area contributed by atoms with Crippen LogP contribution in [0.5, 0.6) is 5.75 Å². The summed E-state index contributed by atoms with van der Waals surface area (Å²) >= 11 is 0. The van der Waals surface area contributed by atoms with E-state index in [1.165, 1.54) is 4.90 Å². The molecule has 0 saturated carbocycles. The molecule has 1 fully saturated rings. The number of carbonyl (C=O) groups is 3. The summed E-state index contributed by atoms with van der Waals surface area (Å²) in [6.45, 7) is 3.44. The van der Waals surface area contributed by atoms with Gasteiger partial charge in [0.15, 0.2) is 0 Å². The Kier molecular flexibility index (Phi) is 5.12. The first-order valence-electron chi connectivity index (χ1n) is 8.56. The van der Waals surface area contributed by atoms with Gasteiger partial charge in [-0.2, -0.15) is 0 Å². The van der Waals surface area contributed by atoms with Crippen LogP contribution in [0.3, 0.4) is 0 Å². The molecule has 3 rings (SSSR count). The normalized spacial score (nSPS) is 15.4. The molecule has 27 heavy (non-hydrogen) atoms. The van der Waals surface area contributed by atoms with Gasteiger partial charge in [-0.15, -0.1) is 0 Å². The fourth-order valence-electron chi connectivity index (χ4n) is 2.68. The fourth-order valence-corrected chi connectivity index (χ4v) is 2.68. The zero-order valence-electron chi connectivity index (χ0n) is 15.2. The number of amides is 4. The second-order valence-corrected chi connectivity index (χ2v) is 6.75. The number of anilines is 1. The number of rotatable bonds is 6. The minimum Gasteiger partial charge on any atom is -0.489 e. The molecule has 0 aromatic heterocycles. The number of hydrogen-bond acceptors (Lipinski definition) is 4. The van der Waals surface area contributed by atoms with Crippen molar-refractivity contribution in [1.82, 2.24) is 10.2 Å². The van der Waals surface area contributed by atoms with Crippen LogP contribution >= 0.6 is 0 Å². The van der Waals surface area contributed by atoms with E-state index in [9.17, 15) is 14.4 Å². The van der Waals surface area contributed by atoms with Crippen LogP contribution in [0.1, 0.15) is 19.4 Å². The molecule has 0 unspecified atom stereocenters. The molecule has 1 aliphatic heterocycles. The average molecular weight is 367 g/mol. The lowest BCUT2D eigenvalue weighted by atomic mass is 10.0. The van der Waals surface area contributed by atoms with E-state index in [0.717, 1.165) is 5.56 Å². The maximum Gasteiger partial charge on any atom is 0.325 e. The van der Waals surface area contributed by atoms with E-state index >= 15 is 0 Å². The zero-order valence-corrected chi connectivity index (χ0v) is 15.2. The summed E-state index contributed by atoms with van der Waals surface area (Å²) < 4.78 is 5.70. The number of nitrogens with zero attached hydrogens (tertiary/aromatic N) is 1. The third-order valence-electron chi connectivity index (χ3n) is 4.38. The molecule has 7 heteroatoms. The maximum absolute atomic E-state index is 12.2. The Balaban J connectivity index is 1.54. The van der Waals surface area contributed by atoms with Crippen molar-refractivity contribution in [2.24, 2.45) is 0 Å². The van der Waals surface area contributed by atoms with Crippen LogP contribution in [0.2, 0.25) is 0 Å². The van der Waals surface area contributed by atoms with E-state index in [-0.39, 0.29) is 12.5 Å². The predicted octanol–water partition coefficient (Wildman–Crippen LogP) is 2.53. The van der Waals surface area contributed by atoms with Gasteiger partial charge in [-0.1, -0.05) is 30.3 Å². The van der Waals surface area contributed by atoms with Crippen molar-refractivity contribution in [2.75, 3.05) is 11.9 Å². The SMILES string of the molecule is CC1(C)C(=O)NC(=O)N1CC(=O)Nc1ccc(OCc2ccccc2)cc1. The molecule has 0 bridgehead atoms. The first-order valence-corrected chi connectivity index (χ1v) is 8.56. The molecule has 0 atom stereocenters. The quantitative estimate of drug-likeness (QED) is 0.768. The van der Waals surface area contributed by atoms with Gasteiger partial charge in [0, 0.05) is 5.69 Å². The molecule has 1 aliphatic rings. The van der Waals surface area contributed by atoms with Gasteiger partial charge in [0.2, 0.25) is 5.91 Å². The standard InChI is InChI=1S/C20H21N3O4/c1-20(2)18(25)22-19(26)23(20)12-17(24)21-15-8-10-16(11-9-15)27-13-14-6-4-3-5-7-14/h3-11H,12-13H2,1-2H3,(H,21,24)(H,22,25,26). The Morgan fingerprint density at radius 1 is 1.07 bits per heavy atom. The molecule has 2 aromatic carbocycles. The molecular weight excluding hydrogens is 346 g/mol. The van der Waals surface area contributed by atoms with Crippen LogP contribution in [-0.4, -0.2) is 34.8 Å². The van der Waals surface area contributed by atoms with Crippen LogP contribution in [0, 0.1) is 0 Å². The van der Waals surface area contributed by atoms with Gasteiger partial charge < -0.3 is 15.0 Å². The highest BCUT2D eigenvalue weighted by atomic mass is 16.5. The summed E-state index contributed by atoms with van der Waals surface area (Å²) in [4.78, 5) is 37.0. The van der Waals surface area contributed by atoms with Gasteiger partial charge >= 0.3 is 6.03 Å². The van der Waals surface area contributed by atoms with Crippen LogP contribution in [0.15, 0.2) is 54.6 Å². The number of imide groups is 1. The second-order valence-electron chi connectivity index (χ2n) is 6.75. The fraction of sp³-hybridized carbons (Fsp3) is 0.250. The molecule has 0 spiro atoms. The van der Waals surface area contributed by atoms with Gasteiger partial charge in [0.25, 0.3) is 5.91 Å². The molecule has 4 amide bonds. The van der Waals surface area contributed by atoms with E-state index in [1.807, 2.05) is 30.3 Å². The lowest BCUT2D eigenvalue weighted by Crippen LogP contribution is -2.47. The van der Waals surface area contributed by atoms with Crippen LogP contribution in [0.25, 0.3) is 0 Å². The number of urea groups is 1. The highest BCUT2D eigenvalue weighted by Crippen LogP contribution is 2.21. The van der Waals surface area contributed by atoms with E-state index in [0.29, 0.717) is 18.0 Å². The summed E-state index contributed by atoms with van der Waals surface area (Å²) in [5, 5.41) is 4.93. The summed E-state index contributed by atoms with van der Waals surface area (Å²) in [5.74, 6) is -0.117. The first-order chi connectivity index (χ1) is 12.9. The summed E-state index contributed by atoms with van der Waals surface area (Å²) in [6.07, 6.45) is 0. The van der Waals surface area contributed by atoms with Crippen molar-refractivity contribution in [2.45, 2.75) is 26.0 Å². The number of nitrogens with one attached hydrogen (secondary N) is 2. The third-order valence-corrected chi connectivity index (χ3v) is 4.38. The molecule has 0 radical (unpaired) electrons. The Morgan fingerprint density at radius 3 is 2.33 bits per heavy atom. The summed E-state index contributed by atoms with van der Waals surface area (Å²) in [7, 11) is 0.